The van der Waals surface area contributed by atoms with E-state index in [2.05, 4.69) is 0 Å². The van der Waals surface area contributed by atoms with Gasteiger partial charge < -0.3 is 4.74 Å². The average molecular weight is 254 g/mol. The van der Waals surface area contributed by atoms with Gasteiger partial charge in [0.1, 0.15) is 5.75 Å². The predicted octanol–water partition coefficient (Wildman–Crippen LogP) is 3.51. The summed E-state index contributed by atoms with van der Waals surface area (Å²) < 4.78 is 5.58. The fourth-order valence-corrected chi connectivity index (χ4v) is 1.97. The summed E-state index contributed by atoms with van der Waals surface area (Å²) in [4.78, 5) is 0.653. The van der Waals surface area contributed by atoms with E-state index in [0.29, 0.717) is 19.7 Å². The van der Waals surface area contributed by atoms with Crippen molar-refractivity contribution in [3.63, 3.8) is 0 Å². The second kappa shape index (κ2) is 5.09. The molecule has 0 atom stereocenters. The third kappa shape index (κ3) is 2.93. The summed E-state index contributed by atoms with van der Waals surface area (Å²) in [5.41, 5.74) is 0.909. The van der Waals surface area contributed by atoms with Crippen molar-refractivity contribution in [2.24, 2.45) is 0 Å². The molecule has 0 radical (unpaired) electrons. The van der Waals surface area contributed by atoms with Crippen LogP contribution in [0.4, 0.5) is 0 Å². The summed E-state index contributed by atoms with van der Waals surface area (Å²) in [7, 11) is 1.54. The van der Waals surface area contributed by atoms with Gasteiger partial charge in [-0.2, -0.15) is 0 Å². The number of ether oxygens (including phenoxy) is 1. The normalized spacial score (nSPS) is 10.7. The largest absolute Gasteiger partial charge is 0.496 e. The quantitative estimate of drug-likeness (QED) is 0.508. The van der Waals surface area contributed by atoms with Gasteiger partial charge in [0.05, 0.1) is 12.0 Å². The first-order valence-corrected chi connectivity index (χ1v) is 5.20. The van der Waals surface area contributed by atoms with Crippen LogP contribution in [0.15, 0.2) is 17.0 Å². The minimum absolute atomic E-state index is 0.476. The molecule has 0 spiro atoms. The van der Waals surface area contributed by atoms with E-state index in [0.717, 1.165) is 17.5 Å². The van der Waals surface area contributed by atoms with Crippen LogP contribution in [0, 0.1) is 6.92 Å². The van der Waals surface area contributed by atoms with E-state index in [1.165, 1.54) is 0 Å². The number of hydrogen-bond acceptors (Lipinski definition) is 4. The smallest absolute Gasteiger partial charge is 0.134 e. The summed E-state index contributed by atoms with van der Waals surface area (Å²) in [6.45, 7) is 1.87. The molecule has 0 aliphatic heterocycles. The van der Waals surface area contributed by atoms with Gasteiger partial charge in [0.25, 0.3) is 0 Å². The molecular formula is C8H9Cl2NO2S. The van der Waals surface area contributed by atoms with Gasteiger partial charge in [-0.1, -0.05) is 11.6 Å². The molecule has 1 rings (SSSR count). The monoisotopic (exact) mass is 253 g/mol. The highest BCUT2D eigenvalue weighted by Gasteiger charge is 2.10. The van der Waals surface area contributed by atoms with Crippen molar-refractivity contribution < 1.29 is 9.94 Å². The maximum Gasteiger partial charge on any atom is 0.134 e. The fraction of sp³-hybridized carbons (Fsp3) is 0.250. The molecule has 0 amide bonds. The van der Waals surface area contributed by atoms with E-state index in [-0.39, 0.29) is 0 Å². The van der Waals surface area contributed by atoms with Crippen molar-refractivity contribution in [1.29, 1.82) is 0 Å². The van der Waals surface area contributed by atoms with E-state index in [1.807, 2.05) is 6.92 Å². The third-order valence-electron chi connectivity index (χ3n) is 1.62. The molecule has 0 aliphatic rings. The summed E-state index contributed by atoms with van der Waals surface area (Å²) in [5, 5.41) is 9.45. The van der Waals surface area contributed by atoms with Gasteiger partial charge >= 0.3 is 0 Å². The van der Waals surface area contributed by atoms with E-state index in [4.69, 9.17) is 33.3 Å². The molecule has 1 aromatic carbocycles. The lowest BCUT2D eigenvalue weighted by Crippen LogP contribution is -1.95. The minimum Gasteiger partial charge on any atom is -0.496 e. The molecule has 78 valence electrons. The SMILES string of the molecule is COc1cc(C)c(Cl)cc1SN(O)Cl. The Morgan fingerprint density at radius 1 is 1.50 bits per heavy atom. The minimum atomic E-state index is 0.476. The Kier molecular flexibility index (Phi) is 4.34. The highest BCUT2D eigenvalue weighted by Crippen LogP contribution is 2.35. The number of hydrogen-bond donors (Lipinski definition) is 1. The number of rotatable bonds is 3. The Hall–Kier alpha value is -0.130. The second-order valence-corrected chi connectivity index (χ2v) is 4.47. The van der Waals surface area contributed by atoms with E-state index < -0.39 is 0 Å². The van der Waals surface area contributed by atoms with Crippen LogP contribution < -0.4 is 4.74 Å². The van der Waals surface area contributed by atoms with Crippen LogP contribution in [0.2, 0.25) is 5.02 Å². The Bertz CT molecular complexity index is 333. The highest BCUT2D eigenvalue weighted by molar-refractivity contribution is 7.97. The van der Waals surface area contributed by atoms with Crippen LogP contribution in [0.5, 0.6) is 5.75 Å². The van der Waals surface area contributed by atoms with Gasteiger partial charge in [-0.15, -0.1) is 0 Å². The van der Waals surface area contributed by atoms with Crippen molar-refractivity contribution in [3.05, 3.63) is 22.7 Å². The van der Waals surface area contributed by atoms with Gasteiger partial charge in [0.15, 0.2) is 0 Å². The van der Waals surface area contributed by atoms with Crippen molar-refractivity contribution in [1.82, 2.24) is 3.99 Å². The lowest BCUT2D eigenvalue weighted by Gasteiger charge is -2.11. The zero-order valence-electron chi connectivity index (χ0n) is 7.62. The topological polar surface area (TPSA) is 32.7 Å². The van der Waals surface area contributed by atoms with E-state index in [1.54, 1.807) is 19.2 Å². The lowest BCUT2D eigenvalue weighted by atomic mass is 10.2. The Balaban J connectivity index is 3.07. The average Bonchev–Trinajstić information content (AvgIpc) is 2.10. The number of methoxy groups -OCH3 is 1. The third-order valence-corrected chi connectivity index (χ3v) is 2.90. The molecule has 0 saturated carbocycles. The summed E-state index contributed by atoms with van der Waals surface area (Å²) >= 11 is 12.1. The molecule has 0 fully saturated rings. The summed E-state index contributed by atoms with van der Waals surface area (Å²) in [6, 6.07) is 3.47. The van der Waals surface area contributed by atoms with Crippen LogP contribution in [0.3, 0.4) is 0 Å². The molecule has 1 aromatic rings. The molecule has 6 heteroatoms. The lowest BCUT2D eigenvalue weighted by molar-refractivity contribution is 0.114. The van der Waals surface area contributed by atoms with E-state index >= 15 is 0 Å². The Morgan fingerprint density at radius 2 is 2.14 bits per heavy atom. The van der Waals surface area contributed by atoms with E-state index in [9.17, 15) is 0 Å². The van der Waals surface area contributed by atoms with Crippen molar-refractivity contribution in [2.75, 3.05) is 7.11 Å². The van der Waals surface area contributed by atoms with Crippen LogP contribution in [0.25, 0.3) is 0 Å². The van der Waals surface area contributed by atoms with Gasteiger partial charge in [0.2, 0.25) is 0 Å². The predicted molar refractivity (Wildman–Crippen MR) is 58.1 cm³/mol. The molecule has 0 unspecified atom stereocenters. The number of benzene rings is 1. The van der Waals surface area contributed by atoms with Crippen LogP contribution in [-0.2, 0) is 0 Å². The zero-order valence-corrected chi connectivity index (χ0v) is 9.95. The molecule has 14 heavy (non-hydrogen) atoms. The first-order chi connectivity index (χ1) is 6.54. The van der Waals surface area contributed by atoms with Crippen LogP contribution in [0.1, 0.15) is 5.56 Å². The molecule has 0 saturated heterocycles. The Morgan fingerprint density at radius 3 is 2.64 bits per heavy atom. The van der Waals surface area contributed by atoms with Gasteiger partial charge in [0, 0.05) is 28.7 Å². The van der Waals surface area contributed by atoms with Gasteiger partial charge in [-0.05, 0) is 28.6 Å². The standard InChI is InChI=1S/C8H9Cl2NO2S/c1-5-3-7(13-2)8(4-6(5)9)14-11(10)12/h3-4,12H,1-2H3. The number of halogens is 2. The van der Waals surface area contributed by atoms with Gasteiger partial charge in [-0.3, -0.25) is 5.21 Å². The number of aryl methyl sites for hydroxylation is 1. The second-order valence-electron chi connectivity index (χ2n) is 2.57. The first-order valence-electron chi connectivity index (χ1n) is 3.71. The van der Waals surface area contributed by atoms with Crippen molar-refractivity contribution in [2.45, 2.75) is 11.8 Å². The van der Waals surface area contributed by atoms with Crippen molar-refractivity contribution in [3.8, 4) is 5.75 Å². The molecule has 0 aromatic heterocycles. The summed E-state index contributed by atoms with van der Waals surface area (Å²) in [5.74, 6) is 0.622. The molecule has 1 N–H and O–H groups in total. The molecule has 3 nitrogen and oxygen atoms in total. The molecule has 0 heterocycles. The highest BCUT2D eigenvalue weighted by atomic mass is 35.5. The molecule has 0 bridgehead atoms. The Labute approximate surface area is 96.8 Å². The zero-order chi connectivity index (χ0) is 10.7. The van der Waals surface area contributed by atoms with Crippen LogP contribution in [-0.4, -0.2) is 16.3 Å². The van der Waals surface area contributed by atoms with Gasteiger partial charge in [-0.25, -0.2) is 0 Å². The summed E-state index contributed by atoms with van der Waals surface area (Å²) in [6.07, 6.45) is 0. The first kappa shape index (κ1) is 11.9. The molecular weight excluding hydrogens is 245 g/mol. The maximum atomic E-state index is 8.85. The molecule has 0 aliphatic carbocycles. The number of nitrogens with zero attached hydrogens (tertiary/aromatic N) is 1. The maximum absolute atomic E-state index is 8.85. The fourth-order valence-electron chi connectivity index (χ4n) is 0.949. The van der Waals surface area contributed by atoms with Crippen molar-refractivity contribution >= 4 is 35.3 Å². The van der Waals surface area contributed by atoms with Crippen LogP contribution >= 0.6 is 35.3 Å².